The van der Waals surface area contributed by atoms with Crippen molar-refractivity contribution in [3.05, 3.63) is 46.1 Å². The van der Waals surface area contributed by atoms with Crippen molar-refractivity contribution in [1.82, 2.24) is 14.6 Å². The summed E-state index contributed by atoms with van der Waals surface area (Å²) in [5, 5.41) is 5.96. The second-order valence-corrected chi connectivity index (χ2v) is 5.50. The van der Waals surface area contributed by atoms with E-state index in [0.29, 0.717) is 22.6 Å². The fourth-order valence-electron chi connectivity index (χ4n) is 2.00. The van der Waals surface area contributed by atoms with Crippen molar-refractivity contribution in [3.63, 3.8) is 0 Å². The maximum Gasteiger partial charge on any atom is 0.417 e. The quantitative estimate of drug-likeness (QED) is 0.852. The van der Waals surface area contributed by atoms with Gasteiger partial charge in [0.1, 0.15) is 12.3 Å². The van der Waals surface area contributed by atoms with E-state index in [1.54, 1.807) is 6.92 Å². The zero-order valence-corrected chi connectivity index (χ0v) is 13.8. The van der Waals surface area contributed by atoms with Gasteiger partial charge in [0.2, 0.25) is 11.8 Å². The molecule has 0 aliphatic carbocycles. The molecule has 0 unspecified atom stereocenters. The average Bonchev–Trinajstić information content (AvgIpc) is 2.92. The Balaban J connectivity index is 2.00. The lowest BCUT2D eigenvalue weighted by molar-refractivity contribution is -0.138. The highest BCUT2D eigenvalue weighted by molar-refractivity contribution is 5.93. The summed E-state index contributed by atoms with van der Waals surface area (Å²) in [6.07, 6.45) is -4.08. The van der Waals surface area contributed by atoms with Gasteiger partial charge in [0.15, 0.2) is 5.82 Å². The van der Waals surface area contributed by atoms with Gasteiger partial charge in [0, 0.05) is 25.4 Å². The summed E-state index contributed by atoms with van der Waals surface area (Å²) in [4.78, 5) is 36.6. The van der Waals surface area contributed by atoms with Crippen LogP contribution in [0.2, 0.25) is 0 Å². The molecule has 0 aromatic carbocycles. The van der Waals surface area contributed by atoms with Gasteiger partial charge in [-0.3, -0.25) is 14.4 Å². The first-order chi connectivity index (χ1) is 12.1. The molecule has 2 heterocycles. The molecular weight excluding hydrogens is 357 g/mol. The van der Waals surface area contributed by atoms with Crippen LogP contribution in [0.4, 0.5) is 19.0 Å². The van der Waals surface area contributed by atoms with Crippen molar-refractivity contribution in [2.45, 2.75) is 19.6 Å². The molecule has 26 heavy (non-hydrogen) atoms. The minimum Gasteiger partial charge on any atom is -0.360 e. The Labute approximate surface area is 145 Å². The second-order valence-electron chi connectivity index (χ2n) is 5.50. The van der Waals surface area contributed by atoms with Crippen LogP contribution in [0.1, 0.15) is 11.3 Å². The highest BCUT2D eigenvalue weighted by Gasteiger charge is 2.31. The number of amides is 2. The van der Waals surface area contributed by atoms with Crippen LogP contribution >= 0.6 is 0 Å². The molecule has 0 saturated carbocycles. The number of rotatable bonds is 5. The van der Waals surface area contributed by atoms with Crippen molar-refractivity contribution in [1.29, 1.82) is 0 Å². The van der Waals surface area contributed by atoms with Gasteiger partial charge >= 0.3 is 6.18 Å². The molecule has 0 fully saturated rings. The fraction of sp³-hybridized carbons (Fsp3) is 0.333. The highest BCUT2D eigenvalue weighted by Crippen LogP contribution is 2.27. The molecule has 2 amide bonds. The number of halogens is 3. The molecule has 0 atom stereocenters. The van der Waals surface area contributed by atoms with E-state index in [-0.39, 0.29) is 12.4 Å². The van der Waals surface area contributed by atoms with E-state index in [1.165, 1.54) is 13.1 Å². The van der Waals surface area contributed by atoms with E-state index < -0.39 is 35.7 Å². The second kappa shape index (κ2) is 7.42. The van der Waals surface area contributed by atoms with Crippen molar-refractivity contribution in [3.8, 4) is 0 Å². The standard InChI is InChI=1S/C15H15F3N4O4/c1-9-5-11(20-26-9)19-12(23)7-21(2)14(25)8-22-6-10(15(16,17)18)3-4-13(22)24/h3-6H,7-8H2,1-2H3,(H,19,20,23). The number of alkyl halides is 3. The summed E-state index contributed by atoms with van der Waals surface area (Å²) in [7, 11) is 1.29. The molecule has 0 radical (unpaired) electrons. The van der Waals surface area contributed by atoms with Gasteiger partial charge in [0.05, 0.1) is 12.1 Å². The number of carbonyl (C=O) groups excluding carboxylic acids is 2. The van der Waals surface area contributed by atoms with Crippen LogP contribution in [0, 0.1) is 6.92 Å². The molecule has 2 aromatic heterocycles. The van der Waals surface area contributed by atoms with Gasteiger partial charge in [0.25, 0.3) is 5.56 Å². The molecule has 0 aliphatic heterocycles. The lowest BCUT2D eigenvalue weighted by Crippen LogP contribution is -2.38. The maximum absolute atomic E-state index is 12.7. The van der Waals surface area contributed by atoms with Crippen molar-refractivity contribution in [2.24, 2.45) is 0 Å². The Morgan fingerprint density at radius 2 is 2.04 bits per heavy atom. The van der Waals surface area contributed by atoms with Gasteiger partial charge in [-0.2, -0.15) is 13.2 Å². The fourth-order valence-corrected chi connectivity index (χ4v) is 2.00. The molecule has 0 spiro atoms. The number of aromatic nitrogens is 2. The van der Waals surface area contributed by atoms with Crippen LogP contribution in [0.3, 0.4) is 0 Å². The van der Waals surface area contributed by atoms with Crippen LogP contribution in [-0.2, 0) is 22.3 Å². The molecular formula is C15H15F3N4O4. The van der Waals surface area contributed by atoms with E-state index in [1.807, 2.05) is 0 Å². The molecule has 11 heteroatoms. The summed E-state index contributed by atoms with van der Waals surface area (Å²) < 4.78 is 43.5. The van der Waals surface area contributed by atoms with Crippen molar-refractivity contribution in [2.75, 3.05) is 18.9 Å². The number of pyridine rings is 1. The molecule has 0 saturated heterocycles. The summed E-state index contributed by atoms with van der Waals surface area (Å²) in [6.45, 7) is 0.624. The van der Waals surface area contributed by atoms with E-state index in [9.17, 15) is 27.6 Å². The number of carbonyl (C=O) groups is 2. The summed E-state index contributed by atoms with van der Waals surface area (Å²) in [5.74, 6) is -0.639. The number of hydrogen-bond acceptors (Lipinski definition) is 5. The van der Waals surface area contributed by atoms with Crippen LogP contribution in [0.15, 0.2) is 33.7 Å². The van der Waals surface area contributed by atoms with E-state index in [4.69, 9.17) is 4.52 Å². The topological polar surface area (TPSA) is 97.4 Å². The number of anilines is 1. The van der Waals surface area contributed by atoms with E-state index >= 15 is 0 Å². The molecule has 0 bridgehead atoms. The third-order valence-electron chi connectivity index (χ3n) is 3.32. The zero-order chi connectivity index (χ0) is 19.5. The minimum atomic E-state index is -4.64. The molecule has 0 aliphatic rings. The predicted octanol–water partition coefficient (Wildman–Crippen LogP) is 1.26. The first-order valence-electron chi connectivity index (χ1n) is 7.31. The Hall–Kier alpha value is -3.11. The smallest absolute Gasteiger partial charge is 0.360 e. The predicted molar refractivity (Wildman–Crippen MR) is 83.2 cm³/mol. The Kier molecular flexibility index (Phi) is 5.48. The number of likely N-dealkylation sites (N-methyl/N-ethyl adjacent to an activating group) is 1. The minimum absolute atomic E-state index is 0.169. The lowest BCUT2D eigenvalue weighted by atomic mass is 10.2. The van der Waals surface area contributed by atoms with Crippen LogP contribution in [0.5, 0.6) is 0 Å². The van der Waals surface area contributed by atoms with Crippen molar-refractivity contribution >= 4 is 17.6 Å². The normalized spacial score (nSPS) is 11.3. The Bertz CT molecular complexity index is 872. The third kappa shape index (κ3) is 4.94. The lowest BCUT2D eigenvalue weighted by Gasteiger charge is -2.17. The first-order valence-corrected chi connectivity index (χ1v) is 7.31. The number of nitrogens with one attached hydrogen (secondary N) is 1. The van der Waals surface area contributed by atoms with Gasteiger partial charge in [-0.1, -0.05) is 5.16 Å². The Morgan fingerprint density at radius 1 is 1.35 bits per heavy atom. The summed E-state index contributed by atoms with van der Waals surface area (Å²) in [6, 6.07) is 2.85. The van der Waals surface area contributed by atoms with Gasteiger partial charge in [-0.05, 0) is 13.0 Å². The number of hydrogen-bond donors (Lipinski definition) is 1. The monoisotopic (exact) mass is 372 g/mol. The van der Waals surface area contributed by atoms with Crippen LogP contribution < -0.4 is 10.9 Å². The van der Waals surface area contributed by atoms with Crippen molar-refractivity contribution < 1.29 is 27.3 Å². The summed E-state index contributed by atoms with van der Waals surface area (Å²) in [5.41, 5.74) is -1.81. The molecule has 2 aromatic rings. The zero-order valence-electron chi connectivity index (χ0n) is 13.8. The van der Waals surface area contributed by atoms with Crippen LogP contribution in [-0.4, -0.2) is 40.0 Å². The molecule has 140 valence electrons. The van der Waals surface area contributed by atoms with E-state index in [2.05, 4.69) is 10.5 Å². The molecule has 8 nitrogen and oxygen atoms in total. The highest BCUT2D eigenvalue weighted by atomic mass is 19.4. The van der Waals surface area contributed by atoms with Gasteiger partial charge in [-0.15, -0.1) is 0 Å². The SMILES string of the molecule is Cc1cc(NC(=O)CN(C)C(=O)Cn2cc(C(F)(F)F)ccc2=O)no1. The van der Waals surface area contributed by atoms with Gasteiger partial charge in [-0.25, -0.2) is 0 Å². The summed E-state index contributed by atoms with van der Waals surface area (Å²) >= 11 is 0. The third-order valence-corrected chi connectivity index (χ3v) is 3.32. The maximum atomic E-state index is 12.7. The Morgan fingerprint density at radius 3 is 2.62 bits per heavy atom. The number of nitrogens with zero attached hydrogens (tertiary/aromatic N) is 3. The van der Waals surface area contributed by atoms with Crippen LogP contribution in [0.25, 0.3) is 0 Å². The first kappa shape index (κ1) is 19.2. The molecule has 2 rings (SSSR count). The van der Waals surface area contributed by atoms with E-state index in [0.717, 1.165) is 11.0 Å². The number of aryl methyl sites for hydroxylation is 1. The van der Waals surface area contributed by atoms with Gasteiger partial charge < -0.3 is 19.3 Å². The average molecular weight is 372 g/mol. The largest absolute Gasteiger partial charge is 0.417 e. The molecule has 1 N–H and O–H groups in total.